The molecule has 8 heteroatoms. The van der Waals surface area contributed by atoms with E-state index < -0.39 is 0 Å². The standard InChI is InChI=1S/C22H21ClN4O2S/c1-13-9-10-14-16(12-24)22(30-18(14)11-13)25-19(28)7-4-8-20-26-21(27-29-20)15-5-2-3-6-17(15)23/h2-3,5-6,13H,4,7-11H2,1H3,(H,25,28)/t13-/m1/s1. The molecule has 3 aromatic rings. The van der Waals surface area contributed by atoms with E-state index in [-0.39, 0.29) is 5.91 Å². The highest BCUT2D eigenvalue weighted by molar-refractivity contribution is 7.16. The first-order valence-corrected chi connectivity index (χ1v) is 11.2. The van der Waals surface area contributed by atoms with E-state index >= 15 is 0 Å². The van der Waals surface area contributed by atoms with Gasteiger partial charge in [-0.05, 0) is 49.3 Å². The summed E-state index contributed by atoms with van der Waals surface area (Å²) in [6, 6.07) is 9.59. The van der Waals surface area contributed by atoms with Gasteiger partial charge >= 0.3 is 0 Å². The molecule has 0 spiro atoms. The Bertz CT molecular complexity index is 1110. The molecule has 1 aliphatic carbocycles. The van der Waals surface area contributed by atoms with Crippen molar-refractivity contribution >= 4 is 33.8 Å². The zero-order chi connectivity index (χ0) is 21.1. The van der Waals surface area contributed by atoms with Gasteiger partial charge in [0, 0.05) is 23.3 Å². The molecule has 0 unspecified atom stereocenters. The number of benzene rings is 1. The number of halogens is 1. The van der Waals surface area contributed by atoms with E-state index in [4.69, 9.17) is 16.1 Å². The van der Waals surface area contributed by atoms with E-state index in [0.717, 1.165) is 24.8 Å². The van der Waals surface area contributed by atoms with E-state index in [1.54, 1.807) is 17.4 Å². The molecule has 0 saturated heterocycles. The third-order valence-corrected chi connectivity index (χ3v) is 6.75. The molecule has 0 bridgehead atoms. The van der Waals surface area contributed by atoms with Crippen LogP contribution in [0.3, 0.4) is 0 Å². The number of fused-ring (bicyclic) bond motifs is 1. The van der Waals surface area contributed by atoms with Gasteiger partial charge in [0.2, 0.25) is 17.6 Å². The summed E-state index contributed by atoms with van der Waals surface area (Å²) in [5, 5.41) is 17.7. The lowest BCUT2D eigenvalue weighted by Gasteiger charge is -2.17. The molecule has 1 aliphatic rings. The Balaban J connectivity index is 1.33. The predicted molar refractivity (Wildman–Crippen MR) is 117 cm³/mol. The lowest BCUT2D eigenvalue weighted by Crippen LogP contribution is -2.12. The second kappa shape index (κ2) is 8.99. The van der Waals surface area contributed by atoms with E-state index in [1.807, 2.05) is 18.2 Å². The van der Waals surface area contributed by atoms with Gasteiger partial charge in [-0.3, -0.25) is 4.79 Å². The summed E-state index contributed by atoms with van der Waals surface area (Å²) < 4.78 is 5.28. The number of thiophene rings is 1. The van der Waals surface area contributed by atoms with Crippen LogP contribution >= 0.6 is 22.9 Å². The van der Waals surface area contributed by atoms with Crippen molar-refractivity contribution in [1.82, 2.24) is 10.1 Å². The van der Waals surface area contributed by atoms with Crippen molar-refractivity contribution in [1.29, 1.82) is 5.26 Å². The number of nitrogens with one attached hydrogen (secondary N) is 1. The van der Waals surface area contributed by atoms with Crippen LogP contribution in [0.2, 0.25) is 5.02 Å². The van der Waals surface area contributed by atoms with Crippen LogP contribution in [0, 0.1) is 17.2 Å². The number of nitriles is 1. The zero-order valence-corrected chi connectivity index (χ0v) is 18.1. The first-order valence-electron chi connectivity index (χ1n) is 9.97. The van der Waals surface area contributed by atoms with Crippen molar-refractivity contribution in [3.8, 4) is 17.5 Å². The molecular formula is C22H21ClN4O2S. The minimum atomic E-state index is -0.107. The number of carbonyl (C=O) groups is 1. The summed E-state index contributed by atoms with van der Waals surface area (Å²) in [4.78, 5) is 18.0. The smallest absolute Gasteiger partial charge is 0.226 e. The molecule has 30 heavy (non-hydrogen) atoms. The maximum absolute atomic E-state index is 12.4. The fraction of sp³-hybridized carbons (Fsp3) is 0.364. The van der Waals surface area contributed by atoms with Crippen LogP contribution in [-0.4, -0.2) is 16.0 Å². The fourth-order valence-corrected chi connectivity index (χ4v) is 5.25. The van der Waals surface area contributed by atoms with E-state index in [0.29, 0.717) is 58.0 Å². The van der Waals surface area contributed by atoms with Crippen molar-refractivity contribution in [2.45, 2.75) is 45.4 Å². The van der Waals surface area contributed by atoms with Crippen molar-refractivity contribution in [2.75, 3.05) is 5.32 Å². The van der Waals surface area contributed by atoms with E-state index in [2.05, 4.69) is 28.5 Å². The number of hydrogen-bond donors (Lipinski definition) is 1. The van der Waals surface area contributed by atoms with Gasteiger partial charge in [0.05, 0.1) is 10.6 Å². The van der Waals surface area contributed by atoms with Gasteiger partial charge in [0.15, 0.2) is 0 Å². The molecule has 1 aromatic carbocycles. The van der Waals surface area contributed by atoms with Crippen LogP contribution in [0.25, 0.3) is 11.4 Å². The number of rotatable bonds is 6. The number of anilines is 1. The lowest BCUT2D eigenvalue weighted by atomic mass is 9.88. The van der Waals surface area contributed by atoms with Gasteiger partial charge in [-0.1, -0.05) is 35.8 Å². The van der Waals surface area contributed by atoms with Crippen LogP contribution in [0.4, 0.5) is 5.00 Å². The molecule has 1 N–H and O–H groups in total. The van der Waals surface area contributed by atoms with Gasteiger partial charge < -0.3 is 9.84 Å². The molecule has 4 rings (SSSR count). The minimum Gasteiger partial charge on any atom is -0.339 e. The molecule has 2 heterocycles. The second-order valence-corrected chi connectivity index (χ2v) is 9.07. The molecule has 0 radical (unpaired) electrons. The van der Waals surface area contributed by atoms with Crippen molar-refractivity contribution in [3.63, 3.8) is 0 Å². The number of carbonyl (C=O) groups excluding carboxylic acids is 1. The van der Waals surface area contributed by atoms with Crippen LogP contribution in [0.15, 0.2) is 28.8 Å². The predicted octanol–water partition coefficient (Wildman–Crippen LogP) is 5.41. The highest BCUT2D eigenvalue weighted by atomic mass is 35.5. The first-order chi connectivity index (χ1) is 14.5. The average molecular weight is 441 g/mol. The maximum atomic E-state index is 12.4. The van der Waals surface area contributed by atoms with Gasteiger partial charge in [0.25, 0.3) is 0 Å². The zero-order valence-electron chi connectivity index (χ0n) is 16.6. The molecule has 1 atom stereocenters. The maximum Gasteiger partial charge on any atom is 0.226 e. The van der Waals surface area contributed by atoms with Crippen LogP contribution < -0.4 is 5.32 Å². The number of nitrogens with zero attached hydrogens (tertiary/aromatic N) is 3. The Labute approximate surface area is 183 Å². The van der Waals surface area contributed by atoms with Gasteiger partial charge in [-0.15, -0.1) is 11.3 Å². The Morgan fingerprint density at radius 3 is 3.07 bits per heavy atom. The molecule has 0 fully saturated rings. The summed E-state index contributed by atoms with van der Waals surface area (Å²) in [5.41, 5.74) is 2.47. The van der Waals surface area contributed by atoms with Crippen molar-refractivity contribution in [3.05, 3.63) is 51.2 Å². The number of amides is 1. The highest BCUT2D eigenvalue weighted by Gasteiger charge is 2.24. The van der Waals surface area contributed by atoms with E-state index in [1.165, 1.54) is 4.88 Å². The van der Waals surface area contributed by atoms with Crippen LogP contribution in [0.1, 0.15) is 48.1 Å². The van der Waals surface area contributed by atoms with Crippen LogP contribution in [-0.2, 0) is 24.1 Å². The topological polar surface area (TPSA) is 91.8 Å². The summed E-state index contributed by atoms with van der Waals surface area (Å²) in [5.74, 6) is 1.42. The van der Waals surface area contributed by atoms with Crippen molar-refractivity contribution in [2.24, 2.45) is 5.92 Å². The second-order valence-electron chi connectivity index (χ2n) is 7.56. The quantitative estimate of drug-likeness (QED) is 0.553. The Hall–Kier alpha value is -2.69. The molecule has 2 aromatic heterocycles. The molecule has 0 aliphatic heterocycles. The summed E-state index contributed by atoms with van der Waals surface area (Å²) >= 11 is 7.71. The summed E-state index contributed by atoms with van der Waals surface area (Å²) in [6.07, 6.45) is 4.36. The molecular weight excluding hydrogens is 420 g/mol. The minimum absolute atomic E-state index is 0.107. The Morgan fingerprint density at radius 1 is 1.43 bits per heavy atom. The van der Waals surface area contributed by atoms with Crippen molar-refractivity contribution < 1.29 is 9.32 Å². The lowest BCUT2D eigenvalue weighted by molar-refractivity contribution is -0.116. The summed E-state index contributed by atoms with van der Waals surface area (Å²) in [7, 11) is 0. The Morgan fingerprint density at radius 2 is 2.27 bits per heavy atom. The molecule has 0 saturated carbocycles. The molecule has 154 valence electrons. The number of aryl methyl sites for hydroxylation is 1. The normalized spacial score (nSPS) is 15.4. The Kier molecular flexibility index (Phi) is 6.16. The number of hydrogen-bond acceptors (Lipinski definition) is 6. The van der Waals surface area contributed by atoms with E-state index in [9.17, 15) is 10.1 Å². The average Bonchev–Trinajstić information content (AvgIpc) is 3.32. The monoisotopic (exact) mass is 440 g/mol. The first kappa shape index (κ1) is 20.6. The van der Waals surface area contributed by atoms with Gasteiger partial charge in [-0.2, -0.15) is 10.2 Å². The number of aromatic nitrogens is 2. The largest absolute Gasteiger partial charge is 0.339 e. The van der Waals surface area contributed by atoms with Crippen LogP contribution in [0.5, 0.6) is 0 Å². The van der Waals surface area contributed by atoms with Gasteiger partial charge in [0.1, 0.15) is 11.1 Å². The third-order valence-electron chi connectivity index (χ3n) is 5.25. The molecule has 1 amide bonds. The SMILES string of the molecule is C[C@@H]1CCc2c(sc(NC(=O)CCCc3nc(-c4ccccc4Cl)no3)c2C#N)C1. The highest BCUT2D eigenvalue weighted by Crippen LogP contribution is 2.39. The van der Waals surface area contributed by atoms with Gasteiger partial charge in [-0.25, -0.2) is 0 Å². The fourth-order valence-electron chi connectivity index (χ4n) is 3.65. The third kappa shape index (κ3) is 4.40. The molecule has 6 nitrogen and oxygen atoms in total. The summed E-state index contributed by atoms with van der Waals surface area (Å²) in [6.45, 7) is 2.22.